The summed E-state index contributed by atoms with van der Waals surface area (Å²) in [5.74, 6) is 0.942. The maximum absolute atomic E-state index is 12.3. The lowest BCUT2D eigenvalue weighted by Gasteiger charge is -2.36. The monoisotopic (exact) mass is 333 g/mol. The summed E-state index contributed by atoms with van der Waals surface area (Å²) in [6, 6.07) is 7.97. The number of benzene rings is 1. The van der Waals surface area contributed by atoms with Crippen LogP contribution in [0.25, 0.3) is 0 Å². The van der Waals surface area contributed by atoms with E-state index in [1.807, 2.05) is 29.2 Å². The molecule has 2 amide bonds. The predicted molar refractivity (Wildman–Crippen MR) is 89.3 cm³/mol. The summed E-state index contributed by atoms with van der Waals surface area (Å²) in [5, 5.41) is 0. The van der Waals surface area contributed by atoms with E-state index in [-0.39, 0.29) is 12.0 Å². The molecule has 0 spiro atoms. The highest BCUT2D eigenvalue weighted by atomic mass is 16.6. The van der Waals surface area contributed by atoms with Gasteiger partial charge in [0.2, 0.25) is 5.91 Å². The number of hydrogen-bond acceptors (Lipinski definition) is 5. The minimum Gasteiger partial charge on any atom is -0.497 e. The van der Waals surface area contributed by atoms with E-state index in [1.54, 1.807) is 12.0 Å². The molecule has 3 rings (SSSR count). The fourth-order valence-electron chi connectivity index (χ4n) is 3.02. The van der Waals surface area contributed by atoms with Gasteiger partial charge in [-0.3, -0.25) is 4.79 Å². The van der Waals surface area contributed by atoms with Crippen molar-refractivity contribution in [3.8, 4) is 5.75 Å². The van der Waals surface area contributed by atoms with Crippen LogP contribution in [-0.4, -0.2) is 74.8 Å². The zero-order chi connectivity index (χ0) is 16.9. The average molecular weight is 333 g/mol. The first kappa shape index (κ1) is 16.4. The lowest BCUT2D eigenvalue weighted by Crippen LogP contribution is -2.49. The lowest BCUT2D eigenvalue weighted by atomic mass is 10.2. The molecule has 2 saturated heterocycles. The van der Waals surface area contributed by atoms with Gasteiger partial charge in [0.05, 0.1) is 13.7 Å². The number of carbonyl (C=O) groups is 2. The third-order valence-corrected chi connectivity index (χ3v) is 4.51. The smallest absolute Gasteiger partial charge is 0.409 e. The Balaban J connectivity index is 1.45. The Bertz CT molecular complexity index is 582. The van der Waals surface area contributed by atoms with Gasteiger partial charge in [0.25, 0.3) is 0 Å². The predicted octanol–water partition coefficient (Wildman–Crippen LogP) is 1.19. The fraction of sp³-hybridized carbons (Fsp3) is 0.529. The number of cyclic esters (lactones) is 1. The van der Waals surface area contributed by atoms with E-state index < -0.39 is 0 Å². The van der Waals surface area contributed by atoms with E-state index in [2.05, 4.69) is 4.90 Å². The number of anilines is 1. The van der Waals surface area contributed by atoms with E-state index >= 15 is 0 Å². The number of hydrogen-bond donors (Lipinski definition) is 0. The molecule has 0 aliphatic carbocycles. The van der Waals surface area contributed by atoms with Crippen molar-refractivity contribution >= 4 is 17.7 Å². The molecule has 0 N–H and O–H groups in total. The molecule has 0 radical (unpaired) electrons. The highest BCUT2D eigenvalue weighted by Crippen LogP contribution is 2.20. The summed E-state index contributed by atoms with van der Waals surface area (Å²) in [6.45, 7) is 4.47. The molecule has 2 aliphatic heterocycles. The topological polar surface area (TPSA) is 62.3 Å². The van der Waals surface area contributed by atoms with Crippen molar-refractivity contribution < 1.29 is 19.1 Å². The molecule has 130 valence electrons. The molecule has 0 unspecified atom stereocenters. The number of ether oxygens (including phenoxy) is 2. The van der Waals surface area contributed by atoms with Crippen LogP contribution < -0.4 is 9.64 Å². The molecular formula is C17H23N3O4. The normalized spacial score (nSPS) is 17.9. The van der Waals surface area contributed by atoms with Gasteiger partial charge in [0, 0.05) is 44.8 Å². The Labute approximate surface area is 141 Å². The zero-order valence-corrected chi connectivity index (χ0v) is 13.9. The molecule has 0 bridgehead atoms. The third-order valence-electron chi connectivity index (χ3n) is 4.51. The fourth-order valence-corrected chi connectivity index (χ4v) is 3.02. The minimum absolute atomic E-state index is 0.101. The molecule has 1 aromatic carbocycles. The van der Waals surface area contributed by atoms with Crippen molar-refractivity contribution in [3.63, 3.8) is 0 Å². The summed E-state index contributed by atoms with van der Waals surface area (Å²) >= 11 is 0. The van der Waals surface area contributed by atoms with E-state index in [9.17, 15) is 9.59 Å². The zero-order valence-electron chi connectivity index (χ0n) is 13.9. The molecule has 2 aliphatic rings. The minimum atomic E-state index is -0.313. The number of methoxy groups -OCH3 is 1. The maximum atomic E-state index is 12.3. The van der Waals surface area contributed by atoms with Crippen LogP contribution in [0, 0.1) is 0 Å². The van der Waals surface area contributed by atoms with Gasteiger partial charge in [-0.05, 0) is 24.3 Å². The largest absolute Gasteiger partial charge is 0.497 e. The van der Waals surface area contributed by atoms with Gasteiger partial charge in [-0.1, -0.05) is 0 Å². The molecule has 7 heteroatoms. The molecule has 0 aromatic heterocycles. The Kier molecular flexibility index (Phi) is 5.08. The second kappa shape index (κ2) is 7.42. The quantitative estimate of drug-likeness (QED) is 0.810. The van der Waals surface area contributed by atoms with Gasteiger partial charge in [-0.2, -0.15) is 0 Å². The van der Waals surface area contributed by atoms with Gasteiger partial charge in [-0.25, -0.2) is 4.79 Å². The van der Waals surface area contributed by atoms with Crippen molar-refractivity contribution in [2.45, 2.75) is 6.42 Å². The number of nitrogens with zero attached hydrogens (tertiary/aromatic N) is 3. The van der Waals surface area contributed by atoms with E-state index in [0.717, 1.165) is 24.5 Å². The molecule has 1 aromatic rings. The van der Waals surface area contributed by atoms with Gasteiger partial charge in [0.15, 0.2) is 0 Å². The van der Waals surface area contributed by atoms with Crippen molar-refractivity contribution in [1.82, 2.24) is 9.80 Å². The second-order valence-electron chi connectivity index (χ2n) is 5.92. The molecule has 24 heavy (non-hydrogen) atoms. The lowest BCUT2D eigenvalue weighted by molar-refractivity contribution is -0.131. The molecule has 0 atom stereocenters. The standard InChI is InChI=1S/C17H23N3O4/c1-23-15-4-2-14(3-5-15)18-8-10-19(11-9-18)16(21)6-7-20-12-13-24-17(20)22/h2-5H,6-13H2,1H3. The molecule has 0 saturated carbocycles. The molecule has 7 nitrogen and oxygen atoms in total. The van der Waals surface area contributed by atoms with E-state index in [0.29, 0.717) is 39.2 Å². The Morgan fingerprint density at radius 3 is 2.42 bits per heavy atom. The van der Waals surface area contributed by atoms with E-state index in [4.69, 9.17) is 9.47 Å². The van der Waals surface area contributed by atoms with Crippen molar-refractivity contribution in [1.29, 1.82) is 0 Å². The van der Waals surface area contributed by atoms with Crippen molar-refractivity contribution in [2.75, 3.05) is 57.9 Å². The van der Waals surface area contributed by atoms with Gasteiger partial charge >= 0.3 is 6.09 Å². The summed E-state index contributed by atoms with van der Waals surface area (Å²) in [4.78, 5) is 29.4. The van der Waals surface area contributed by atoms with Crippen molar-refractivity contribution in [2.24, 2.45) is 0 Å². The highest BCUT2D eigenvalue weighted by molar-refractivity contribution is 5.77. The van der Waals surface area contributed by atoms with Crippen LogP contribution in [0.5, 0.6) is 5.75 Å². The average Bonchev–Trinajstić information content (AvgIpc) is 3.05. The second-order valence-corrected chi connectivity index (χ2v) is 5.92. The number of piperazine rings is 1. The van der Waals surface area contributed by atoms with Crippen LogP contribution in [0.4, 0.5) is 10.5 Å². The maximum Gasteiger partial charge on any atom is 0.409 e. The Morgan fingerprint density at radius 2 is 1.83 bits per heavy atom. The first-order valence-corrected chi connectivity index (χ1v) is 8.26. The first-order valence-electron chi connectivity index (χ1n) is 8.26. The van der Waals surface area contributed by atoms with Crippen LogP contribution >= 0.6 is 0 Å². The van der Waals surface area contributed by atoms with Gasteiger partial charge in [0.1, 0.15) is 12.4 Å². The van der Waals surface area contributed by atoms with Crippen LogP contribution in [0.1, 0.15) is 6.42 Å². The molecule has 2 fully saturated rings. The van der Waals surface area contributed by atoms with Crippen LogP contribution in [-0.2, 0) is 9.53 Å². The summed E-state index contributed by atoms with van der Waals surface area (Å²) in [7, 11) is 1.65. The third kappa shape index (κ3) is 3.72. The van der Waals surface area contributed by atoms with E-state index in [1.165, 1.54) is 0 Å². The molecular weight excluding hydrogens is 310 g/mol. The van der Waals surface area contributed by atoms with Crippen molar-refractivity contribution in [3.05, 3.63) is 24.3 Å². The van der Waals surface area contributed by atoms with Crippen LogP contribution in [0.15, 0.2) is 24.3 Å². The Hall–Kier alpha value is -2.44. The van der Waals surface area contributed by atoms with Gasteiger partial charge in [-0.15, -0.1) is 0 Å². The number of rotatable bonds is 5. The Morgan fingerprint density at radius 1 is 1.12 bits per heavy atom. The first-order chi connectivity index (χ1) is 11.7. The van der Waals surface area contributed by atoms with Crippen LogP contribution in [0.3, 0.4) is 0 Å². The SMILES string of the molecule is COc1ccc(N2CCN(C(=O)CCN3CCOC3=O)CC2)cc1. The summed E-state index contributed by atoms with van der Waals surface area (Å²) in [5.41, 5.74) is 1.14. The molecule has 2 heterocycles. The summed E-state index contributed by atoms with van der Waals surface area (Å²) < 4.78 is 10.0. The number of amides is 2. The summed E-state index contributed by atoms with van der Waals surface area (Å²) in [6.07, 6.45) is 0.0459. The van der Waals surface area contributed by atoms with Crippen LogP contribution in [0.2, 0.25) is 0 Å². The van der Waals surface area contributed by atoms with Gasteiger partial charge < -0.3 is 24.2 Å². The number of carbonyl (C=O) groups excluding carboxylic acids is 2. The highest BCUT2D eigenvalue weighted by Gasteiger charge is 2.25.